The predicted octanol–water partition coefficient (Wildman–Crippen LogP) is 5.44. The van der Waals surface area contributed by atoms with Gasteiger partial charge in [-0.2, -0.15) is 0 Å². The summed E-state index contributed by atoms with van der Waals surface area (Å²) in [5, 5.41) is 9.64. The van der Waals surface area contributed by atoms with E-state index in [1.54, 1.807) is 0 Å². The maximum Gasteiger partial charge on any atom is 0.0716 e. The van der Waals surface area contributed by atoms with E-state index in [2.05, 4.69) is 89.8 Å². The Morgan fingerprint density at radius 2 is 1.29 bits per heavy atom. The molecule has 162 valence electrons. The van der Waals surface area contributed by atoms with Gasteiger partial charge >= 0.3 is 0 Å². The standard InChI is InChI=1S/C28H33NO2/c30-18-16-27-20-28(27,17-19-31-23-26-14-8-3-9-15-26)29(21-24-10-4-1-5-11-24)22-25-12-6-2-7-13-25/h1-15,27,30H,16-23H2/t27-,28-/m1/s1. The summed E-state index contributed by atoms with van der Waals surface area (Å²) in [6.07, 6.45) is 2.98. The SMILES string of the molecule is OCC[C@@H]1C[C@@]1(CCOCc1ccccc1)N(Cc1ccccc1)Cc1ccccc1. The minimum atomic E-state index is 0.0884. The minimum absolute atomic E-state index is 0.0884. The third kappa shape index (κ3) is 5.82. The molecule has 3 heteroatoms. The van der Waals surface area contributed by atoms with Gasteiger partial charge in [-0.15, -0.1) is 0 Å². The number of hydrogen-bond donors (Lipinski definition) is 1. The highest BCUT2D eigenvalue weighted by Crippen LogP contribution is 2.54. The molecule has 1 aliphatic rings. The van der Waals surface area contributed by atoms with Gasteiger partial charge in [-0.1, -0.05) is 91.0 Å². The van der Waals surface area contributed by atoms with E-state index in [1.165, 1.54) is 16.7 Å². The zero-order valence-corrected chi connectivity index (χ0v) is 18.2. The molecule has 0 bridgehead atoms. The summed E-state index contributed by atoms with van der Waals surface area (Å²) in [7, 11) is 0. The van der Waals surface area contributed by atoms with Crippen LogP contribution in [0.3, 0.4) is 0 Å². The van der Waals surface area contributed by atoms with Crippen molar-refractivity contribution in [3.8, 4) is 0 Å². The maximum absolute atomic E-state index is 9.64. The van der Waals surface area contributed by atoms with Crippen LogP contribution in [0, 0.1) is 5.92 Å². The van der Waals surface area contributed by atoms with Crippen LogP contribution in [-0.4, -0.2) is 28.8 Å². The van der Waals surface area contributed by atoms with Crippen molar-refractivity contribution in [2.24, 2.45) is 5.92 Å². The lowest BCUT2D eigenvalue weighted by atomic mass is 10.0. The Balaban J connectivity index is 1.48. The van der Waals surface area contributed by atoms with Crippen molar-refractivity contribution < 1.29 is 9.84 Å². The molecule has 0 radical (unpaired) electrons. The van der Waals surface area contributed by atoms with Crippen molar-refractivity contribution in [3.63, 3.8) is 0 Å². The van der Waals surface area contributed by atoms with Gasteiger partial charge in [0.25, 0.3) is 0 Å². The molecule has 0 heterocycles. The molecule has 0 aromatic heterocycles. The first-order valence-electron chi connectivity index (χ1n) is 11.4. The molecule has 0 aliphatic heterocycles. The fraction of sp³-hybridized carbons (Fsp3) is 0.357. The summed E-state index contributed by atoms with van der Waals surface area (Å²) < 4.78 is 6.08. The number of nitrogens with zero attached hydrogens (tertiary/aromatic N) is 1. The molecule has 0 spiro atoms. The van der Waals surface area contributed by atoms with Crippen molar-refractivity contribution in [3.05, 3.63) is 108 Å². The zero-order valence-electron chi connectivity index (χ0n) is 18.2. The summed E-state index contributed by atoms with van der Waals surface area (Å²) in [5.41, 5.74) is 3.96. The zero-order chi connectivity index (χ0) is 21.4. The molecular weight excluding hydrogens is 382 g/mol. The molecular formula is C28H33NO2. The van der Waals surface area contributed by atoms with Crippen LogP contribution in [0.2, 0.25) is 0 Å². The van der Waals surface area contributed by atoms with E-state index in [1.807, 2.05) is 6.07 Å². The van der Waals surface area contributed by atoms with Gasteiger partial charge in [0.15, 0.2) is 0 Å². The van der Waals surface area contributed by atoms with Crippen LogP contribution in [0.15, 0.2) is 91.0 Å². The summed E-state index contributed by atoms with van der Waals surface area (Å²) in [6.45, 7) is 3.46. The Morgan fingerprint density at radius 1 is 0.774 bits per heavy atom. The van der Waals surface area contributed by atoms with E-state index in [4.69, 9.17) is 4.74 Å². The molecule has 1 saturated carbocycles. The molecule has 3 nitrogen and oxygen atoms in total. The Bertz CT molecular complexity index is 859. The highest BCUT2D eigenvalue weighted by Gasteiger charge is 2.56. The predicted molar refractivity (Wildman–Crippen MR) is 125 cm³/mol. The largest absolute Gasteiger partial charge is 0.396 e. The first-order valence-corrected chi connectivity index (χ1v) is 11.4. The van der Waals surface area contributed by atoms with Crippen LogP contribution in [0.5, 0.6) is 0 Å². The van der Waals surface area contributed by atoms with E-state index >= 15 is 0 Å². The lowest BCUT2D eigenvalue weighted by Crippen LogP contribution is -2.39. The van der Waals surface area contributed by atoms with Crippen molar-refractivity contribution in [2.75, 3.05) is 13.2 Å². The van der Waals surface area contributed by atoms with Crippen LogP contribution in [-0.2, 0) is 24.4 Å². The van der Waals surface area contributed by atoms with Crippen LogP contribution < -0.4 is 0 Å². The first kappa shape index (κ1) is 21.8. The van der Waals surface area contributed by atoms with Gasteiger partial charge in [-0.25, -0.2) is 0 Å². The molecule has 0 unspecified atom stereocenters. The lowest BCUT2D eigenvalue weighted by molar-refractivity contribution is 0.0636. The summed E-state index contributed by atoms with van der Waals surface area (Å²) in [4.78, 5) is 2.63. The van der Waals surface area contributed by atoms with Crippen LogP contribution in [0.1, 0.15) is 36.0 Å². The summed E-state index contributed by atoms with van der Waals surface area (Å²) >= 11 is 0. The second kappa shape index (κ2) is 10.7. The van der Waals surface area contributed by atoms with Gasteiger partial charge in [0, 0.05) is 31.8 Å². The first-order chi connectivity index (χ1) is 15.3. The Labute approximate surface area is 186 Å². The fourth-order valence-corrected chi connectivity index (χ4v) is 4.74. The molecule has 0 saturated heterocycles. The van der Waals surface area contributed by atoms with Crippen LogP contribution >= 0.6 is 0 Å². The number of aliphatic hydroxyl groups is 1. The highest BCUT2D eigenvalue weighted by molar-refractivity contribution is 5.21. The quantitative estimate of drug-likeness (QED) is 0.400. The third-order valence-electron chi connectivity index (χ3n) is 6.53. The monoisotopic (exact) mass is 415 g/mol. The minimum Gasteiger partial charge on any atom is -0.396 e. The molecule has 2 atom stereocenters. The van der Waals surface area contributed by atoms with Gasteiger partial charge < -0.3 is 9.84 Å². The molecule has 3 aromatic rings. The summed E-state index contributed by atoms with van der Waals surface area (Å²) in [6, 6.07) is 31.8. The average molecular weight is 416 g/mol. The van der Waals surface area contributed by atoms with Crippen molar-refractivity contribution in [1.82, 2.24) is 4.90 Å². The molecule has 0 amide bonds. The highest BCUT2D eigenvalue weighted by atomic mass is 16.5. The van der Waals surface area contributed by atoms with E-state index in [9.17, 15) is 5.11 Å². The van der Waals surface area contributed by atoms with E-state index in [-0.39, 0.29) is 12.1 Å². The van der Waals surface area contributed by atoms with E-state index in [0.29, 0.717) is 12.5 Å². The van der Waals surface area contributed by atoms with Crippen molar-refractivity contribution in [1.29, 1.82) is 0 Å². The smallest absolute Gasteiger partial charge is 0.0716 e. The van der Waals surface area contributed by atoms with Gasteiger partial charge in [0.05, 0.1) is 6.61 Å². The van der Waals surface area contributed by atoms with Crippen molar-refractivity contribution >= 4 is 0 Å². The van der Waals surface area contributed by atoms with Gasteiger partial charge in [-0.05, 0) is 41.9 Å². The Morgan fingerprint density at radius 3 is 1.81 bits per heavy atom. The third-order valence-corrected chi connectivity index (χ3v) is 6.53. The number of rotatable bonds is 12. The number of hydrogen-bond acceptors (Lipinski definition) is 3. The molecule has 3 aromatic carbocycles. The van der Waals surface area contributed by atoms with E-state index in [0.717, 1.165) is 39.0 Å². The van der Waals surface area contributed by atoms with E-state index < -0.39 is 0 Å². The van der Waals surface area contributed by atoms with Gasteiger partial charge in [-0.3, -0.25) is 4.90 Å². The van der Waals surface area contributed by atoms with Crippen molar-refractivity contribution in [2.45, 2.75) is 44.5 Å². The number of aliphatic hydroxyl groups excluding tert-OH is 1. The average Bonchev–Trinajstić information content (AvgIpc) is 3.52. The molecule has 1 N–H and O–H groups in total. The number of benzene rings is 3. The molecule has 1 fully saturated rings. The van der Waals surface area contributed by atoms with Gasteiger partial charge in [0.2, 0.25) is 0 Å². The molecule has 4 rings (SSSR count). The lowest BCUT2D eigenvalue weighted by Gasteiger charge is -2.34. The number of ether oxygens (including phenoxy) is 1. The summed E-state index contributed by atoms with van der Waals surface area (Å²) in [5.74, 6) is 0.519. The normalized spacial score (nSPS) is 20.1. The Kier molecular flexibility index (Phi) is 7.52. The van der Waals surface area contributed by atoms with Gasteiger partial charge in [0.1, 0.15) is 0 Å². The second-order valence-electron chi connectivity index (χ2n) is 8.63. The molecule has 1 aliphatic carbocycles. The topological polar surface area (TPSA) is 32.7 Å². The van der Waals surface area contributed by atoms with Crippen LogP contribution in [0.4, 0.5) is 0 Å². The van der Waals surface area contributed by atoms with Crippen LogP contribution in [0.25, 0.3) is 0 Å². The maximum atomic E-state index is 9.64. The Hall–Kier alpha value is -2.46. The second-order valence-corrected chi connectivity index (χ2v) is 8.63. The fourth-order valence-electron chi connectivity index (χ4n) is 4.74. The molecule has 31 heavy (non-hydrogen) atoms.